The Kier molecular flexibility index (Phi) is 15.2. The molecule has 1 fully saturated rings. The van der Waals surface area contributed by atoms with Crippen molar-refractivity contribution in [2.24, 2.45) is 11.5 Å². The molecular weight excluding hydrogens is 668 g/mol. The van der Waals surface area contributed by atoms with Crippen LogP contribution < -0.4 is 43.4 Å². The van der Waals surface area contributed by atoms with E-state index in [1.165, 1.54) is 0 Å². The number of nitrogens with one attached hydrogen (secondary N) is 8. The average molecular weight is 715 g/mol. The number of primary amides is 1. The maximum Gasteiger partial charge on any atom is 0.326 e. The molecule has 3 rings (SSSR count). The molecule has 5 amide bonds. The van der Waals surface area contributed by atoms with Crippen molar-refractivity contribution in [2.45, 2.75) is 88.0 Å². The molecule has 2 heterocycles. The van der Waals surface area contributed by atoms with Gasteiger partial charge in [0, 0.05) is 42.9 Å². The van der Waals surface area contributed by atoms with Gasteiger partial charge >= 0.3 is 11.9 Å². The van der Waals surface area contributed by atoms with E-state index in [-0.39, 0.29) is 51.0 Å². The Hall–Kier alpha value is -5.72. The lowest BCUT2D eigenvalue weighted by molar-refractivity contribution is -0.142. The third kappa shape index (κ3) is 12.9. The Morgan fingerprint density at radius 3 is 2.10 bits per heavy atom. The van der Waals surface area contributed by atoms with Crippen LogP contribution in [0.3, 0.4) is 0 Å². The smallest absolute Gasteiger partial charge is 0.326 e. The van der Waals surface area contributed by atoms with Crippen molar-refractivity contribution in [3.63, 3.8) is 0 Å². The Labute approximate surface area is 292 Å². The van der Waals surface area contributed by atoms with Gasteiger partial charge in [0.2, 0.25) is 29.5 Å². The summed E-state index contributed by atoms with van der Waals surface area (Å²) in [6.07, 6.45) is 1.54. The Balaban J connectivity index is 1.85. The second-order valence-electron chi connectivity index (χ2n) is 12.2. The van der Waals surface area contributed by atoms with Crippen LogP contribution in [0.25, 0.3) is 10.9 Å². The van der Waals surface area contributed by atoms with Crippen LogP contribution in [0.5, 0.6) is 0 Å². The van der Waals surface area contributed by atoms with Crippen LogP contribution in [0.1, 0.15) is 56.9 Å². The van der Waals surface area contributed by atoms with Crippen molar-refractivity contribution in [1.29, 1.82) is 5.41 Å². The van der Waals surface area contributed by atoms with E-state index in [1.807, 2.05) is 0 Å². The predicted molar refractivity (Wildman–Crippen MR) is 183 cm³/mol. The molecule has 19 nitrogen and oxygen atoms in total. The van der Waals surface area contributed by atoms with E-state index < -0.39 is 78.1 Å². The number of fused-ring (bicyclic) bond motifs is 1. The van der Waals surface area contributed by atoms with E-state index in [1.54, 1.807) is 30.5 Å². The second kappa shape index (κ2) is 19.5. The molecule has 0 unspecified atom stereocenters. The molecule has 1 aliphatic heterocycles. The number of carbonyl (C=O) groups excluding carboxylic acids is 5. The number of rotatable bonds is 21. The SMILES string of the molecule is N=C(N)NCCC[C@H](NC(=O)[C@H](Cc1c[nH]c2ccccc12)NC(=O)[C@H](CCC(N)=O)NC(=O)[C@H](CCC(=O)O)NC(=O)[C@@H]1CCCN1)C(=O)O. The number of aromatic amines is 1. The van der Waals surface area contributed by atoms with Crippen molar-refractivity contribution in [3.05, 3.63) is 36.0 Å². The number of nitrogens with two attached hydrogens (primary N) is 2. The first-order valence-corrected chi connectivity index (χ1v) is 16.6. The molecule has 0 radical (unpaired) electrons. The van der Waals surface area contributed by atoms with Gasteiger partial charge < -0.3 is 58.6 Å². The zero-order chi connectivity index (χ0) is 37.5. The van der Waals surface area contributed by atoms with Crippen LogP contribution in [0.4, 0.5) is 0 Å². The van der Waals surface area contributed by atoms with Crippen LogP contribution in [-0.4, -0.2) is 106 Å². The summed E-state index contributed by atoms with van der Waals surface area (Å²) in [6.45, 7) is 0.772. The lowest BCUT2D eigenvalue weighted by Crippen LogP contribution is -2.59. The minimum atomic E-state index is -1.47. The van der Waals surface area contributed by atoms with Crippen molar-refractivity contribution in [3.8, 4) is 0 Å². The number of hydrogen-bond acceptors (Lipinski definition) is 9. The van der Waals surface area contributed by atoms with Gasteiger partial charge in [-0.1, -0.05) is 18.2 Å². The van der Waals surface area contributed by atoms with E-state index in [2.05, 4.69) is 36.9 Å². The number of benzene rings is 1. The molecule has 5 atom stereocenters. The lowest BCUT2D eigenvalue weighted by Gasteiger charge is -2.26. The quantitative estimate of drug-likeness (QED) is 0.0375. The van der Waals surface area contributed by atoms with Crippen LogP contribution in [0.2, 0.25) is 0 Å². The van der Waals surface area contributed by atoms with Crippen LogP contribution >= 0.6 is 0 Å². The number of amides is 5. The molecule has 0 spiro atoms. The number of aliphatic carboxylic acids is 2. The first-order chi connectivity index (χ1) is 24.2. The van der Waals surface area contributed by atoms with Gasteiger partial charge in [-0.25, -0.2) is 4.79 Å². The number of aromatic nitrogens is 1. The van der Waals surface area contributed by atoms with Crippen molar-refractivity contribution in [2.75, 3.05) is 13.1 Å². The molecule has 2 aromatic rings. The molecule has 0 aliphatic carbocycles. The first kappa shape index (κ1) is 39.7. The summed E-state index contributed by atoms with van der Waals surface area (Å²) < 4.78 is 0. The third-order valence-electron chi connectivity index (χ3n) is 8.30. The standard InChI is InChI=1S/C32H46N10O9/c33-25(43)11-9-21(40-28(47)22(10-12-26(44)45)39-27(46)20-7-3-13-36-20)29(48)42-24(15-17-16-38-19-6-2-1-5-18(17)19)30(49)41-23(31(50)51)8-4-14-37-32(34)35/h1-2,5-6,16,20-24,36,38H,3-4,7-15H2,(H2,33,43)(H,39,46)(H,40,47)(H,41,49)(H,42,48)(H,44,45)(H,50,51)(H4,34,35,37)/t20-,21-,22-,23-,24-/m0/s1. The third-order valence-corrected chi connectivity index (χ3v) is 8.30. The number of hydrogen-bond donors (Lipinski definition) is 12. The molecule has 0 saturated carbocycles. The number of carboxylic acids is 2. The first-order valence-electron chi connectivity index (χ1n) is 16.6. The second-order valence-corrected chi connectivity index (χ2v) is 12.2. The van der Waals surface area contributed by atoms with Crippen molar-refractivity contribution in [1.82, 2.24) is 36.9 Å². The fourth-order valence-corrected chi connectivity index (χ4v) is 5.61. The van der Waals surface area contributed by atoms with Gasteiger partial charge in [-0.15, -0.1) is 0 Å². The summed E-state index contributed by atoms with van der Waals surface area (Å²) in [5, 5.41) is 42.6. The van der Waals surface area contributed by atoms with Gasteiger partial charge in [-0.3, -0.25) is 34.2 Å². The molecule has 278 valence electrons. The highest BCUT2D eigenvalue weighted by Crippen LogP contribution is 2.19. The maximum absolute atomic E-state index is 13.8. The zero-order valence-electron chi connectivity index (χ0n) is 28.0. The van der Waals surface area contributed by atoms with Gasteiger partial charge in [-0.2, -0.15) is 0 Å². The zero-order valence-corrected chi connectivity index (χ0v) is 28.0. The molecule has 1 aromatic heterocycles. The Morgan fingerprint density at radius 1 is 0.843 bits per heavy atom. The summed E-state index contributed by atoms with van der Waals surface area (Å²) in [6, 6.07) is 1.04. The molecule has 51 heavy (non-hydrogen) atoms. The van der Waals surface area contributed by atoms with Crippen LogP contribution in [0.15, 0.2) is 30.5 Å². The summed E-state index contributed by atoms with van der Waals surface area (Å²) in [7, 11) is 0. The highest BCUT2D eigenvalue weighted by Gasteiger charge is 2.33. The molecule has 1 saturated heterocycles. The van der Waals surface area contributed by atoms with E-state index in [4.69, 9.17) is 16.9 Å². The van der Waals surface area contributed by atoms with Gasteiger partial charge in [0.15, 0.2) is 5.96 Å². The summed E-state index contributed by atoms with van der Waals surface area (Å²) in [5.74, 6) is -6.82. The highest BCUT2D eigenvalue weighted by atomic mass is 16.4. The summed E-state index contributed by atoms with van der Waals surface area (Å²) in [4.78, 5) is 91.9. The summed E-state index contributed by atoms with van der Waals surface area (Å²) >= 11 is 0. The topological polar surface area (TPSA) is 324 Å². The predicted octanol–water partition coefficient (Wildman–Crippen LogP) is -2.12. The molecule has 1 aliphatic rings. The Morgan fingerprint density at radius 2 is 1.47 bits per heavy atom. The van der Waals surface area contributed by atoms with Gasteiger partial charge in [0.1, 0.15) is 24.2 Å². The van der Waals surface area contributed by atoms with Gasteiger partial charge in [0.05, 0.1) is 6.04 Å². The van der Waals surface area contributed by atoms with Crippen molar-refractivity contribution < 1.29 is 43.8 Å². The Bertz CT molecular complexity index is 1590. The number of H-pyrrole nitrogens is 1. The molecule has 1 aromatic carbocycles. The lowest BCUT2D eigenvalue weighted by atomic mass is 10.0. The van der Waals surface area contributed by atoms with E-state index in [9.17, 15) is 43.8 Å². The average Bonchev–Trinajstić information content (AvgIpc) is 3.76. The minimum Gasteiger partial charge on any atom is -0.481 e. The van der Waals surface area contributed by atoms with Gasteiger partial charge in [0.25, 0.3) is 0 Å². The fourth-order valence-electron chi connectivity index (χ4n) is 5.61. The highest BCUT2D eigenvalue weighted by molar-refractivity contribution is 5.96. The molecule has 19 heteroatoms. The minimum absolute atomic E-state index is 0.0355. The number of carbonyl (C=O) groups is 7. The molecule has 0 bridgehead atoms. The summed E-state index contributed by atoms with van der Waals surface area (Å²) in [5.41, 5.74) is 12.0. The van der Waals surface area contributed by atoms with E-state index in [0.29, 0.717) is 18.5 Å². The molecule has 14 N–H and O–H groups in total. The monoisotopic (exact) mass is 714 g/mol. The van der Waals surface area contributed by atoms with Crippen LogP contribution in [-0.2, 0) is 40.0 Å². The maximum atomic E-state index is 13.8. The number of para-hydroxylation sites is 1. The normalized spacial score (nSPS) is 16.2. The fraction of sp³-hybridized carbons (Fsp3) is 0.500. The van der Waals surface area contributed by atoms with E-state index >= 15 is 0 Å². The van der Waals surface area contributed by atoms with Crippen LogP contribution in [0, 0.1) is 5.41 Å². The van der Waals surface area contributed by atoms with E-state index in [0.717, 1.165) is 17.3 Å². The van der Waals surface area contributed by atoms with Crippen molar-refractivity contribution >= 4 is 58.3 Å². The largest absolute Gasteiger partial charge is 0.481 e. The van der Waals surface area contributed by atoms with Gasteiger partial charge in [-0.05, 0) is 56.7 Å². The number of carboxylic acid groups (broad SMARTS) is 2. The molecular formula is C32H46N10O9. The number of guanidine groups is 1.